The Hall–Kier alpha value is -1.69. The molecule has 0 unspecified atom stereocenters. The fraction of sp³-hybridized carbons (Fsp3) is 0.333. The maximum Gasteiger partial charge on any atom is 0.321 e. The predicted octanol–water partition coefficient (Wildman–Crippen LogP) is 1.52. The Morgan fingerprint density at radius 3 is 2.78 bits per heavy atom. The largest absolute Gasteiger partial charge is 0.398 e. The molecule has 0 aliphatic rings. The molecule has 0 radical (unpaired) electrons. The maximum absolute atomic E-state index is 11.5. The lowest BCUT2D eigenvalue weighted by atomic mass is 10.2. The second kappa shape index (κ2) is 6.90. The van der Waals surface area contributed by atoms with Crippen molar-refractivity contribution in [3.8, 4) is 0 Å². The number of anilines is 1. The number of imide groups is 1. The Kier molecular flexibility index (Phi) is 5.51. The smallest absolute Gasteiger partial charge is 0.321 e. The third kappa shape index (κ3) is 4.29. The Balaban J connectivity index is 2.48. The van der Waals surface area contributed by atoms with Crippen molar-refractivity contribution in [2.24, 2.45) is 0 Å². The molecule has 18 heavy (non-hydrogen) atoms. The van der Waals surface area contributed by atoms with E-state index in [4.69, 9.17) is 5.73 Å². The number of hydrogen-bond acceptors (Lipinski definition) is 4. The van der Waals surface area contributed by atoms with Crippen molar-refractivity contribution in [2.75, 3.05) is 18.0 Å². The van der Waals surface area contributed by atoms with Crippen LogP contribution in [0, 0.1) is 6.92 Å². The quantitative estimate of drug-likeness (QED) is 0.570. The molecule has 3 amide bonds. The highest BCUT2D eigenvalue weighted by Crippen LogP contribution is 2.25. The molecule has 0 atom stereocenters. The zero-order chi connectivity index (χ0) is 13.5. The van der Waals surface area contributed by atoms with E-state index in [1.54, 1.807) is 6.92 Å². The molecule has 0 aromatic heterocycles. The van der Waals surface area contributed by atoms with Gasteiger partial charge < -0.3 is 11.1 Å². The number of nitrogen functional groups attached to an aromatic ring is 1. The topological polar surface area (TPSA) is 84.2 Å². The summed E-state index contributed by atoms with van der Waals surface area (Å²) in [6.45, 7) is 4.18. The molecule has 0 aliphatic carbocycles. The molecule has 5 nitrogen and oxygen atoms in total. The zero-order valence-corrected chi connectivity index (χ0v) is 11.3. The van der Waals surface area contributed by atoms with Crippen molar-refractivity contribution in [2.45, 2.75) is 18.7 Å². The lowest BCUT2D eigenvalue weighted by Crippen LogP contribution is -2.40. The first-order valence-corrected chi connectivity index (χ1v) is 6.58. The number of carbonyl (C=O) groups excluding carboxylic acids is 2. The van der Waals surface area contributed by atoms with Gasteiger partial charge in [-0.05, 0) is 31.5 Å². The van der Waals surface area contributed by atoms with Crippen LogP contribution in [-0.2, 0) is 4.79 Å². The van der Waals surface area contributed by atoms with Crippen LogP contribution in [0.3, 0.4) is 0 Å². The average molecular weight is 267 g/mol. The fourth-order valence-corrected chi connectivity index (χ4v) is 2.17. The van der Waals surface area contributed by atoms with Crippen LogP contribution in [0.25, 0.3) is 0 Å². The second-order valence-corrected chi connectivity index (χ2v) is 4.68. The summed E-state index contributed by atoms with van der Waals surface area (Å²) in [6.07, 6.45) is 0. The first-order chi connectivity index (χ1) is 8.54. The molecule has 0 spiro atoms. The van der Waals surface area contributed by atoms with Gasteiger partial charge in [0.25, 0.3) is 0 Å². The van der Waals surface area contributed by atoms with Crippen LogP contribution in [0.15, 0.2) is 23.1 Å². The van der Waals surface area contributed by atoms with Gasteiger partial charge in [-0.15, -0.1) is 11.8 Å². The van der Waals surface area contributed by atoms with Crippen molar-refractivity contribution >= 4 is 29.4 Å². The second-order valence-electron chi connectivity index (χ2n) is 3.67. The van der Waals surface area contributed by atoms with Gasteiger partial charge in [0.15, 0.2) is 0 Å². The highest BCUT2D eigenvalue weighted by Gasteiger charge is 2.08. The Morgan fingerprint density at radius 1 is 1.39 bits per heavy atom. The number of thioether (sulfide) groups is 1. The standard InChI is InChI=1S/C12H17N3O2S/c1-3-14-12(17)15-11(16)7-18-10-6-4-5-9(13)8(10)2/h4-6H,3,7,13H2,1-2H3,(H2,14,15,16,17). The number of hydrogen-bond donors (Lipinski definition) is 3. The zero-order valence-electron chi connectivity index (χ0n) is 10.4. The van der Waals surface area contributed by atoms with Crippen LogP contribution in [0.2, 0.25) is 0 Å². The van der Waals surface area contributed by atoms with Crippen molar-refractivity contribution in [3.05, 3.63) is 23.8 Å². The summed E-state index contributed by atoms with van der Waals surface area (Å²) in [5.41, 5.74) is 7.42. The number of urea groups is 1. The first-order valence-electron chi connectivity index (χ1n) is 5.60. The van der Waals surface area contributed by atoms with Gasteiger partial charge in [-0.3, -0.25) is 10.1 Å². The molecule has 1 rings (SSSR count). The van der Waals surface area contributed by atoms with E-state index in [1.807, 2.05) is 25.1 Å². The molecule has 0 bridgehead atoms. The van der Waals surface area contributed by atoms with E-state index in [0.29, 0.717) is 12.2 Å². The number of nitrogens with two attached hydrogens (primary N) is 1. The van der Waals surface area contributed by atoms with Gasteiger partial charge in [-0.2, -0.15) is 0 Å². The van der Waals surface area contributed by atoms with Crippen molar-refractivity contribution in [3.63, 3.8) is 0 Å². The number of nitrogens with one attached hydrogen (secondary N) is 2. The molecule has 0 saturated carbocycles. The third-order valence-electron chi connectivity index (χ3n) is 2.28. The van der Waals surface area contributed by atoms with Gasteiger partial charge in [0.05, 0.1) is 5.75 Å². The maximum atomic E-state index is 11.5. The minimum absolute atomic E-state index is 0.182. The van der Waals surface area contributed by atoms with Crippen LogP contribution < -0.4 is 16.4 Å². The van der Waals surface area contributed by atoms with Gasteiger partial charge >= 0.3 is 6.03 Å². The van der Waals surface area contributed by atoms with E-state index >= 15 is 0 Å². The Bertz CT molecular complexity index is 449. The molecule has 0 fully saturated rings. The third-order valence-corrected chi connectivity index (χ3v) is 3.43. The molecule has 1 aromatic carbocycles. The molecule has 98 valence electrons. The van der Waals surface area contributed by atoms with Crippen LogP contribution in [-0.4, -0.2) is 24.2 Å². The van der Waals surface area contributed by atoms with Crippen LogP contribution in [0.5, 0.6) is 0 Å². The Labute approximate surface area is 111 Å². The molecule has 0 aliphatic heterocycles. The monoisotopic (exact) mass is 267 g/mol. The van der Waals surface area contributed by atoms with Gasteiger partial charge in [-0.1, -0.05) is 6.07 Å². The Morgan fingerprint density at radius 2 is 2.11 bits per heavy atom. The summed E-state index contributed by atoms with van der Waals surface area (Å²) in [4.78, 5) is 23.5. The van der Waals surface area contributed by atoms with E-state index in [0.717, 1.165) is 10.5 Å². The SMILES string of the molecule is CCNC(=O)NC(=O)CSc1cccc(N)c1C. The molecule has 0 heterocycles. The highest BCUT2D eigenvalue weighted by atomic mass is 32.2. The molecule has 0 saturated heterocycles. The van der Waals surface area contributed by atoms with E-state index in [9.17, 15) is 9.59 Å². The normalized spacial score (nSPS) is 9.89. The molecule has 4 N–H and O–H groups in total. The molecular formula is C12H17N3O2S. The van der Waals surface area contributed by atoms with Gasteiger partial charge in [-0.25, -0.2) is 4.79 Å². The van der Waals surface area contributed by atoms with E-state index < -0.39 is 6.03 Å². The summed E-state index contributed by atoms with van der Waals surface area (Å²) in [7, 11) is 0. The van der Waals surface area contributed by atoms with Crippen molar-refractivity contribution in [1.82, 2.24) is 10.6 Å². The number of amides is 3. The summed E-state index contributed by atoms with van der Waals surface area (Å²) < 4.78 is 0. The number of rotatable bonds is 4. The van der Waals surface area contributed by atoms with E-state index in [-0.39, 0.29) is 11.7 Å². The van der Waals surface area contributed by atoms with E-state index in [1.165, 1.54) is 11.8 Å². The minimum atomic E-state index is -0.465. The summed E-state index contributed by atoms with van der Waals surface area (Å²) in [6, 6.07) is 5.09. The van der Waals surface area contributed by atoms with Gasteiger partial charge in [0, 0.05) is 17.1 Å². The average Bonchev–Trinajstić information content (AvgIpc) is 2.31. The fourth-order valence-electron chi connectivity index (χ4n) is 1.30. The van der Waals surface area contributed by atoms with Crippen molar-refractivity contribution < 1.29 is 9.59 Å². The van der Waals surface area contributed by atoms with E-state index in [2.05, 4.69) is 10.6 Å². The first kappa shape index (κ1) is 14.4. The number of carbonyl (C=O) groups is 2. The summed E-state index contributed by atoms with van der Waals surface area (Å²) >= 11 is 1.36. The van der Waals surface area contributed by atoms with Crippen LogP contribution in [0.1, 0.15) is 12.5 Å². The molecule has 6 heteroatoms. The predicted molar refractivity (Wildman–Crippen MR) is 73.5 cm³/mol. The van der Waals surface area contributed by atoms with Crippen molar-refractivity contribution in [1.29, 1.82) is 0 Å². The molecule has 1 aromatic rings. The summed E-state index contributed by atoms with van der Waals surface area (Å²) in [5.74, 6) is -0.144. The highest BCUT2D eigenvalue weighted by molar-refractivity contribution is 8.00. The lowest BCUT2D eigenvalue weighted by molar-refractivity contribution is -0.117. The summed E-state index contributed by atoms with van der Waals surface area (Å²) in [5, 5.41) is 4.74. The number of benzene rings is 1. The minimum Gasteiger partial charge on any atom is -0.398 e. The lowest BCUT2D eigenvalue weighted by Gasteiger charge is -2.08. The van der Waals surface area contributed by atoms with Gasteiger partial charge in [0.1, 0.15) is 0 Å². The van der Waals surface area contributed by atoms with Crippen LogP contribution in [0.4, 0.5) is 10.5 Å². The van der Waals surface area contributed by atoms with Crippen LogP contribution >= 0.6 is 11.8 Å². The van der Waals surface area contributed by atoms with Gasteiger partial charge in [0.2, 0.25) is 5.91 Å². The molecular weight excluding hydrogens is 250 g/mol.